The van der Waals surface area contributed by atoms with Crippen LogP contribution in [-0.2, 0) is 0 Å². The van der Waals surface area contributed by atoms with Gasteiger partial charge in [0.25, 0.3) is 0 Å². The van der Waals surface area contributed by atoms with Crippen molar-refractivity contribution in [3.8, 4) is 11.5 Å². The topological polar surface area (TPSA) is 30.8 Å². The summed E-state index contributed by atoms with van der Waals surface area (Å²) in [5, 5.41) is 0. The minimum atomic E-state index is 0.716. The summed E-state index contributed by atoms with van der Waals surface area (Å²) in [5.41, 5.74) is 3.16. The van der Waals surface area contributed by atoms with Crippen molar-refractivity contribution >= 4 is 5.71 Å². The van der Waals surface area contributed by atoms with Crippen molar-refractivity contribution in [1.82, 2.24) is 0 Å². The first kappa shape index (κ1) is 13.3. The zero-order chi connectivity index (χ0) is 12.8. The van der Waals surface area contributed by atoms with Crippen LogP contribution in [0.4, 0.5) is 0 Å². The largest absolute Gasteiger partial charge is 0.493 e. The average Bonchev–Trinajstić information content (AvgIpc) is 2.34. The van der Waals surface area contributed by atoms with E-state index in [4.69, 9.17) is 9.47 Å². The minimum absolute atomic E-state index is 0.716. The van der Waals surface area contributed by atoms with E-state index in [9.17, 15) is 0 Å². The Kier molecular flexibility index (Phi) is 4.76. The number of ether oxygens (including phenoxy) is 2. The Morgan fingerprint density at radius 1 is 1.12 bits per heavy atom. The molecule has 3 heteroatoms. The predicted octanol–water partition coefficient (Wildman–Crippen LogP) is 3.09. The van der Waals surface area contributed by atoms with E-state index in [0.717, 1.165) is 17.0 Å². The monoisotopic (exact) mass is 233 g/mol. The number of methoxy groups -OCH3 is 2. The number of hydrogen-bond acceptors (Lipinski definition) is 3. The molecule has 92 valence electrons. The van der Waals surface area contributed by atoms with Crippen molar-refractivity contribution in [2.75, 3.05) is 21.3 Å². The number of hydrogen-bond donors (Lipinski definition) is 0. The van der Waals surface area contributed by atoms with Crippen molar-refractivity contribution in [2.45, 2.75) is 13.8 Å². The van der Waals surface area contributed by atoms with Gasteiger partial charge in [0, 0.05) is 12.6 Å². The summed E-state index contributed by atoms with van der Waals surface area (Å²) in [7, 11) is 5.04. The van der Waals surface area contributed by atoms with Crippen LogP contribution in [0, 0.1) is 0 Å². The molecule has 0 aromatic heterocycles. The van der Waals surface area contributed by atoms with Crippen LogP contribution in [0.1, 0.15) is 19.4 Å². The molecule has 1 rings (SSSR count). The van der Waals surface area contributed by atoms with Gasteiger partial charge in [-0.3, -0.25) is 4.99 Å². The van der Waals surface area contributed by atoms with Crippen LogP contribution in [0.25, 0.3) is 0 Å². The number of rotatable bonds is 4. The Bertz CT molecular complexity index is 444. The molecule has 0 amide bonds. The molecule has 0 aliphatic carbocycles. The lowest BCUT2D eigenvalue weighted by Gasteiger charge is -2.09. The highest BCUT2D eigenvalue weighted by Crippen LogP contribution is 2.28. The van der Waals surface area contributed by atoms with Gasteiger partial charge in [-0.05, 0) is 38.1 Å². The molecule has 0 atom stereocenters. The average molecular weight is 233 g/mol. The lowest BCUT2D eigenvalue weighted by Crippen LogP contribution is -1.99. The zero-order valence-electron chi connectivity index (χ0n) is 11.1. The first-order valence-electron chi connectivity index (χ1n) is 5.46. The van der Waals surface area contributed by atoms with Crippen molar-refractivity contribution < 1.29 is 9.47 Å². The molecular weight excluding hydrogens is 214 g/mol. The van der Waals surface area contributed by atoms with E-state index in [1.165, 1.54) is 5.57 Å². The van der Waals surface area contributed by atoms with Crippen molar-refractivity contribution in [3.63, 3.8) is 0 Å². The van der Waals surface area contributed by atoms with Gasteiger partial charge in [-0.2, -0.15) is 0 Å². The maximum atomic E-state index is 5.28. The van der Waals surface area contributed by atoms with Crippen LogP contribution in [-0.4, -0.2) is 27.0 Å². The Labute approximate surface area is 103 Å². The van der Waals surface area contributed by atoms with E-state index in [1.54, 1.807) is 21.3 Å². The zero-order valence-corrected chi connectivity index (χ0v) is 11.1. The third kappa shape index (κ3) is 3.34. The van der Waals surface area contributed by atoms with Crippen LogP contribution in [0.3, 0.4) is 0 Å². The summed E-state index contributed by atoms with van der Waals surface area (Å²) < 4.78 is 10.5. The summed E-state index contributed by atoms with van der Waals surface area (Å²) in [6.45, 7) is 4.10. The van der Waals surface area contributed by atoms with Crippen LogP contribution in [0.15, 0.2) is 34.8 Å². The fourth-order valence-corrected chi connectivity index (χ4v) is 1.55. The van der Waals surface area contributed by atoms with Crippen molar-refractivity contribution in [3.05, 3.63) is 35.4 Å². The van der Waals surface area contributed by atoms with Crippen LogP contribution in [0.5, 0.6) is 11.5 Å². The summed E-state index contributed by atoms with van der Waals surface area (Å²) in [5.74, 6) is 1.44. The van der Waals surface area contributed by atoms with Gasteiger partial charge in [-0.15, -0.1) is 0 Å². The van der Waals surface area contributed by atoms with Gasteiger partial charge in [0.1, 0.15) is 0 Å². The van der Waals surface area contributed by atoms with Gasteiger partial charge < -0.3 is 9.47 Å². The number of benzene rings is 1. The van der Waals surface area contributed by atoms with Gasteiger partial charge in [-0.25, -0.2) is 0 Å². The van der Waals surface area contributed by atoms with E-state index in [-0.39, 0.29) is 0 Å². The van der Waals surface area contributed by atoms with Crippen LogP contribution in [0.2, 0.25) is 0 Å². The van der Waals surface area contributed by atoms with Crippen LogP contribution < -0.4 is 9.47 Å². The molecule has 0 spiro atoms. The first-order valence-corrected chi connectivity index (χ1v) is 5.46. The molecule has 0 aliphatic heterocycles. The molecule has 0 bridgehead atoms. The molecule has 0 unspecified atom stereocenters. The number of nitrogens with zero attached hydrogens (tertiary/aromatic N) is 1. The standard InChI is InChI=1S/C14H19NO2/c1-10(2)8-12(15-3)11-6-7-13(16-4)14(9-11)17-5/h6-9H,1-5H3. The number of allylic oxidation sites excluding steroid dienone is 2. The second-order valence-electron chi connectivity index (χ2n) is 3.90. The predicted molar refractivity (Wildman–Crippen MR) is 71.4 cm³/mol. The van der Waals surface area contributed by atoms with Gasteiger partial charge >= 0.3 is 0 Å². The normalized spacial score (nSPS) is 11.0. The molecule has 0 saturated carbocycles. The molecule has 1 aromatic rings. The highest BCUT2D eigenvalue weighted by Gasteiger charge is 2.07. The highest BCUT2D eigenvalue weighted by molar-refractivity contribution is 6.09. The number of aliphatic imine (C=N–C) groups is 1. The van der Waals surface area contributed by atoms with Gasteiger partial charge in [0.2, 0.25) is 0 Å². The molecule has 0 radical (unpaired) electrons. The fraction of sp³-hybridized carbons (Fsp3) is 0.357. The lowest BCUT2D eigenvalue weighted by molar-refractivity contribution is 0.355. The van der Waals surface area contributed by atoms with Crippen molar-refractivity contribution in [1.29, 1.82) is 0 Å². The highest BCUT2D eigenvalue weighted by atomic mass is 16.5. The second-order valence-corrected chi connectivity index (χ2v) is 3.90. The summed E-state index contributed by atoms with van der Waals surface area (Å²) in [4.78, 5) is 4.27. The Balaban J connectivity index is 3.19. The van der Waals surface area contributed by atoms with E-state index < -0.39 is 0 Å². The molecule has 3 nitrogen and oxygen atoms in total. The van der Waals surface area contributed by atoms with Gasteiger partial charge in [-0.1, -0.05) is 5.57 Å². The van der Waals surface area contributed by atoms with Crippen LogP contribution >= 0.6 is 0 Å². The Morgan fingerprint density at radius 3 is 2.24 bits per heavy atom. The molecule has 1 aromatic carbocycles. The quantitative estimate of drug-likeness (QED) is 0.748. The summed E-state index contributed by atoms with van der Waals surface area (Å²) >= 11 is 0. The van der Waals surface area contributed by atoms with Gasteiger partial charge in [0.05, 0.1) is 19.9 Å². The Hall–Kier alpha value is -1.77. The molecular formula is C14H19NO2. The van der Waals surface area contributed by atoms with E-state index in [2.05, 4.69) is 4.99 Å². The lowest BCUT2D eigenvalue weighted by atomic mass is 10.1. The molecule has 0 fully saturated rings. The molecule has 0 heterocycles. The maximum Gasteiger partial charge on any atom is 0.161 e. The molecule has 0 aliphatic rings. The summed E-state index contributed by atoms with van der Waals surface area (Å²) in [6.07, 6.45) is 2.04. The van der Waals surface area contributed by atoms with E-state index in [1.807, 2.05) is 38.1 Å². The first-order chi connectivity index (χ1) is 8.12. The third-order valence-corrected chi connectivity index (χ3v) is 2.35. The minimum Gasteiger partial charge on any atom is -0.493 e. The van der Waals surface area contributed by atoms with Crippen molar-refractivity contribution in [2.24, 2.45) is 4.99 Å². The van der Waals surface area contributed by atoms with E-state index in [0.29, 0.717) is 5.75 Å². The second kappa shape index (κ2) is 6.09. The third-order valence-electron chi connectivity index (χ3n) is 2.35. The van der Waals surface area contributed by atoms with Gasteiger partial charge in [0.15, 0.2) is 11.5 Å². The molecule has 0 N–H and O–H groups in total. The maximum absolute atomic E-state index is 5.28. The Morgan fingerprint density at radius 2 is 1.76 bits per heavy atom. The smallest absolute Gasteiger partial charge is 0.161 e. The van der Waals surface area contributed by atoms with E-state index >= 15 is 0 Å². The molecule has 0 saturated heterocycles. The SMILES string of the molecule is CN=C(C=C(C)C)c1ccc(OC)c(OC)c1. The summed E-state index contributed by atoms with van der Waals surface area (Å²) in [6, 6.07) is 5.79. The molecule has 17 heavy (non-hydrogen) atoms. The fourth-order valence-electron chi connectivity index (χ4n) is 1.55.